The number of carbonyl (C=O) groups is 1. The summed E-state index contributed by atoms with van der Waals surface area (Å²) in [7, 11) is 0. The van der Waals surface area contributed by atoms with Gasteiger partial charge in [-0.25, -0.2) is 4.79 Å². The van der Waals surface area contributed by atoms with Crippen LogP contribution in [-0.4, -0.2) is 12.6 Å². The van der Waals surface area contributed by atoms with Crippen LogP contribution in [0.15, 0.2) is 46.9 Å². The van der Waals surface area contributed by atoms with Crippen LogP contribution in [0.3, 0.4) is 0 Å². The van der Waals surface area contributed by atoms with E-state index in [-0.39, 0.29) is 0 Å². The molecule has 0 N–H and O–H groups in total. The summed E-state index contributed by atoms with van der Waals surface area (Å²) in [4.78, 5) is 12.1. The highest BCUT2D eigenvalue weighted by Crippen LogP contribution is 2.28. The van der Waals surface area contributed by atoms with Crippen molar-refractivity contribution in [2.45, 2.75) is 6.92 Å². The van der Waals surface area contributed by atoms with E-state index in [1.807, 2.05) is 6.92 Å². The zero-order chi connectivity index (χ0) is 14.5. The molecule has 0 aliphatic carbocycles. The van der Waals surface area contributed by atoms with Crippen molar-refractivity contribution in [2.24, 2.45) is 0 Å². The zero-order valence-corrected chi connectivity index (χ0v) is 13.1. The van der Waals surface area contributed by atoms with E-state index in [2.05, 4.69) is 15.9 Å². The van der Waals surface area contributed by atoms with Crippen LogP contribution in [-0.2, 0) is 0 Å². The Hall–Kier alpha value is -1.52. The quantitative estimate of drug-likeness (QED) is 0.588. The molecule has 2 aromatic rings. The second-order valence-electron chi connectivity index (χ2n) is 3.93. The maximum Gasteiger partial charge on any atom is 0.343 e. The van der Waals surface area contributed by atoms with Gasteiger partial charge in [-0.1, -0.05) is 17.7 Å². The molecule has 0 aliphatic heterocycles. The van der Waals surface area contributed by atoms with Crippen LogP contribution in [0.25, 0.3) is 0 Å². The first-order valence-electron chi connectivity index (χ1n) is 6.00. The Morgan fingerprint density at radius 1 is 1.25 bits per heavy atom. The average Bonchev–Trinajstić information content (AvgIpc) is 2.42. The van der Waals surface area contributed by atoms with Crippen LogP contribution >= 0.6 is 27.5 Å². The first kappa shape index (κ1) is 14.9. The molecule has 104 valence electrons. The third-order valence-electron chi connectivity index (χ3n) is 2.48. The molecule has 5 heteroatoms. The summed E-state index contributed by atoms with van der Waals surface area (Å²) in [6.45, 7) is 2.43. The summed E-state index contributed by atoms with van der Waals surface area (Å²) in [6, 6.07) is 11.8. The number of rotatable bonds is 4. The van der Waals surface area contributed by atoms with Crippen molar-refractivity contribution in [3.05, 3.63) is 57.5 Å². The molecule has 2 rings (SSSR count). The van der Waals surface area contributed by atoms with Gasteiger partial charge >= 0.3 is 5.97 Å². The van der Waals surface area contributed by atoms with Gasteiger partial charge in [-0.2, -0.15) is 0 Å². The monoisotopic (exact) mass is 354 g/mol. The fourth-order valence-corrected chi connectivity index (χ4v) is 2.36. The molecular formula is C15H12BrClO3. The van der Waals surface area contributed by atoms with Crippen LogP contribution in [0, 0.1) is 0 Å². The molecule has 0 saturated heterocycles. The number of halogens is 2. The van der Waals surface area contributed by atoms with E-state index in [1.54, 1.807) is 42.5 Å². The summed E-state index contributed by atoms with van der Waals surface area (Å²) in [5, 5.41) is 0.565. The highest BCUT2D eigenvalue weighted by atomic mass is 79.9. The highest BCUT2D eigenvalue weighted by Gasteiger charge is 2.12. The molecule has 0 aliphatic rings. The van der Waals surface area contributed by atoms with E-state index in [0.29, 0.717) is 33.2 Å². The van der Waals surface area contributed by atoms with E-state index in [9.17, 15) is 4.79 Å². The maximum atomic E-state index is 12.1. The molecule has 0 amide bonds. The van der Waals surface area contributed by atoms with Crippen LogP contribution < -0.4 is 9.47 Å². The van der Waals surface area contributed by atoms with Gasteiger partial charge in [0.25, 0.3) is 0 Å². The fourth-order valence-electron chi connectivity index (χ4n) is 1.60. The lowest BCUT2D eigenvalue weighted by Crippen LogP contribution is -2.09. The van der Waals surface area contributed by atoms with Crippen LogP contribution in [0.1, 0.15) is 17.3 Å². The van der Waals surface area contributed by atoms with Crippen molar-refractivity contribution in [1.29, 1.82) is 0 Å². The SMILES string of the molecule is CCOc1cccc(C(=O)Oc2ccc(Cl)cc2Br)c1. The summed E-state index contributed by atoms with van der Waals surface area (Å²) in [6.07, 6.45) is 0. The van der Waals surface area contributed by atoms with Crippen LogP contribution in [0.2, 0.25) is 5.02 Å². The second kappa shape index (κ2) is 6.77. The minimum Gasteiger partial charge on any atom is -0.494 e. The van der Waals surface area contributed by atoms with Gasteiger partial charge in [0, 0.05) is 5.02 Å². The molecule has 2 aromatic carbocycles. The van der Waals surface area contributed by atoms with Crippen molar-refractivity contribution in [3.63, 3.8) is 0 Å². The summed E-state index contributed by atoms with van der Waals surface area (Å²) < 4.78 is 11.3. The molecule has 0 radical (unpaired) electrons. The fraction of sp³-hybridized carbons (Fsp3) is 0.133. The van der Waals surface area contributed by atoms with Gasteiger partial charge in [-0.05, 0) is 59.3 Å². The molecule has 0 fully saturated rings. The molecule has 0 aromatic heterocycles. The van der Waals surface area contributed by atoms with Gasteiger partial charge in [0.2, 0.25) is 0 Å². The summed E-state index contributed by atoms with van der Waals surface area (Å²) in [5.74, 6) is 0.605. The van der Waals surface area contributed by atoms with Gasteiger partial charge in [0.15, 0.2) is 0 Å². The Labute approximate surface area is 130 Å². The third kappa shape index (κ3) is 3.74. The van der Waals surface area contributed by atoms with Crippen molar-refractivity contribution in [2.75, 3.05) is 6.61 Å². The Morgan fingerprint density at radius 3 is 2.75 bits per heavy atom. The normalized spacial score (nSPS) is 10.2. The van der Waals surface area contributed by atoms with Gasteiger partial charge in [0.1, 0.15) is 11.5 Å². The molecule has 20 heavy (non-hydrogen) atoms. The Morgan fingerprint density at radius 2 is 2.05 bits per heavy atom. The number of ether oxygens (including phenoxy) is 2. The maximum absolute atomic E-state index is 12.1. The van der Waals surface area contributed by atoms with Gasteiger partial charge in [-0.15, -0.1) is 0 Å². The molecule has 0 bridgehead atoms. The highest BCUT2D eigenvalue weighted by molar-refractivity contribution is 9.10. The number of hydrogen-bond donors (Lipinski definition) is 0. The lowest BCUT2D eigenvalue weighted by Gasteiger charge is -2.08. The number of esters is 1. The molecule has 0 unspecified atom stereocenters. The van der Waals surface area contributed by atoms with Gasteiger partial charge in [-0.3, -0.25) is 0 Å². The molecule has 0 saturated carbocycles. The predicted molar refractivity (Wildman–Crippen MR) is 81.7 cm³/mol. The lowest BCUT2D eigenvalue weighted by atomic mass is 10.2. The van der Waals surface area contributed by atoms with E-state index < -0.39 is 5.97 Å². The van der Waals surface area contributed by atoms with Crippen molar-refractivity contribution < 1.29 is 14.3 Å². The minimum atomic E-state index is -0.449. The lowest BCUT2D eigenvalue weighted by molar-refractivity contribution is 0.0733. The van der Waals surface area contributed by atoms with Crippen LogP contribution in [0.4, 0.5) is 0 Å². The zero-order valence-electron chi connectivity index (χ0n) is 10.7. The smallest absolute Gasteiger partial charge is 0.343 e. The van der Waals surface area contributed by atoms with Crippen molar-refractivity contribution >= 4 is 33.5 Å². The Bertz CT molecular complexity index is 628. The third-order valence-corrected chi connectivity index (χ3v) is 3.33. The first-order valence-corrected chi connectivity index (χ1v) is 7.17. The molecule has 0 atom stereocenters. The first-order chi connectivity index (χ1) is 9.60. The largest absolute Gasteiger partial charge is 0.494 e. The predicted octanol–water partition coefficient (Wildman–Crippen LogP) is 4.72. The molecule has 0 spiro atoms. The molecular weight excluding hydrogens is 344 g/mol. The molecule has 0 heterocycles. The Kier molecular flexibility index (Phi) is 5.04. The van der Waals surface area contributed by atoms with Gasteiger partial charge < -0.3 is 9.47 Å². The van der Waals surface area contributed by atoms with Crippen molar-refractivity contribution in [3.8, 4) is 11.5 Å². The average molecular weight is 356 g/mol. The number of hydrogen-bond acceptors (Lipinski definition) is 3. The summed E-state index contributed by atoms with van der Waals surface area (Å²) >= 11 is 9.14. The van der Waals surface area contributed by atoms with E-state index in [4.69, 9.17) is 21.1 Å². The minimum absolute atomic E-state index is 0.418. The van der Waals surface area contributed by atoms with Gasteiger partial charge in [0.05, 0.1) is 16.6 Å². The summed E-state index contributed by atoms with van der Waals surface area (Å²) in [5.41, 5.74) is 0.429. The van der Waals surface area contributed by atoms with Crippen molar-refractivity contribution in [1.82, 2.24) is 0 Å². The number of carbonyl (C=O) groups excluding carboxylic acids is 1. The van der Waals surface area contributed by atoms with E-state index in [0.717, 1.165) is 0 Å². The van der Waals surface area contributed by atoms with E-state index in [1.165, 1.54) is 0 Å². The molecule has 3 nitrogen and oxygen atoms in total. The number of benzene rings is 2. The van der Waals surface area contributed by atoms with Crippen LogP contribution in [0.5, 0.6) is 11.5 Å². The Balaban J connectivity index is 2.17. The second-order valence-corrected chi connectivity index (χ2v) is 5.22. The van der Waals surface area contributed by atoms with E-state index >= 15 is 0 Å². The topological polar surface area (TPSA) is 35.5 Å². The standard InChI is InChI=1S/C15H12BrClO3/c1-2-19-12-5-3-4-10(8-12)15(18)20-14-7-6-11(17)9-13(14)16/h3-9H,2H2,1H3.